The molecule has 0 N–H and O–H groups in total. The average molecular weight is 421 g/mol. The Balaban J connectivity index is 1.44. The van der Waals surface area contributed by atoms with Gasteiger partial charge in [-0.1, -0.05) is 11.2 Å². The maximum atomic E-state index is 5.60. The third-order valence-electron chi connectivity index (χ3n) is 6.00. The Morgan fingerprint density at radius 3 is 2.81 bits per heavy atom. The predicted octanol–water partition coefficient (Wildman–Crippen LogP) is 3.05. The smallest absolute Gasteiger partial charge is 0.225 e. The molecule has 2 saturated heterocycles. The van der Waals surface area contributed by atoms with Crippen LogP contribution in [-0.4, -0.2) is 64.4 Å². The van der Waals surface area contributed by atoms with Crippen LogP contribution in [0.25, 0.3) is 11.3 Å². The van der Waals surface area contributed by atoms with Gasteiger partial charge in [-0.15, -0.1) is 0 Å². The fourth-order valence-corrected chi connectivity index (χ4v) is 4.44. The molecule has 0 amide bonds. The van der Waals surface area contributed by atoms with Crippen LogP contribution < -0.4 is 4.90 Å². The minimum absolute atomic E-state index is 0.306. The topological polar surface area (TPSA) is 80.4 Å². The summed E-state index contributed by atoms with van der Waals surface area (Å²) in [7, 11) is 0. The second-order valence-electron chi connectivity index (χ2n) is 8.30. The Kier molecular flexibility index (Phi) is 5.90. The molecule has 31 heavy (non-hydrogen) atoms. The summed E-state index contributed by atoms with van der Waals surface area (Å²) in [6, 6.07) is 8.06. The van der Waals surface area contributed by atoms with E-state index in [2.05, 4.69) is 31.0 Å². The summed E-state index contributed by atoms with van der Waals surface area (Å²) in [5, 5.41) is 4.09. The molecule has 2 fully saturated rings. The molecule has 0 unspecified atom stereocenters. The van der Waals surface area contributed by atoms with Crippen molar-refractivity contribution in [2.75, 3.05) is 44.3 Å². The fourth-order valence-electron chi connectivity index (χ4n) is 4.44. The summed E-state index contributed by atoms with van der Waals surface area (Å²) >= 11 is 0. The number of pyridine rings is 1. The number of likely N-dealkylation sites (tertiary alicyclic amines) is 1. The van der Waals surface area contributed by atoms with E-state index in [1.54, 1.807) is 0 Å². The maximum Gasteiger partial charge on any atom is 0.225 e. The van der Waals surface area contributed by atoms with Gasteiger partial charge in [0.05, 0.1) is 35.9 Å². The zero-order chi connectivity index (χ0) is 21.0. The first-order chi connectivity index (χ1) is 15.3. The first kappa shape index (κ1) is 20.1. The van der Waals surface area contributed by atoms with Gasteiger partial charge in [-0.25, -0.2) is 9.97 Å². The number of hydrogen-bond acceptors (Lipinski definition) is 8. The lowest BCUT2D eigenvalue weighted by Crippen LogP contribution is -2.38. The number of hydrogen-bond donors (Lipinski definition) is 0. The molecule has 3 aromatic heterocycles. The molecular weight excluding hydrogens is 392 g/mol. The summed E-state index contributed by atoms with van der Waals surface area (Å²) in [6.07, 6.45) is 5.99. The van der Waals surface area contributed by atoms with Crippen LogP contribution in [-0.2, 0) is 11.3 Å². The first-order valence-electron chi connectivity index (χ1n) is 11.0. The number of aromatic nitrogens is 4. The molecule has 0 aromatic carbocycles. The highest BCUT2D eigenvalue weighted by Gasteiger charge is 2.28. The predicted molar refractivity (Wildman–Crippen MR) is 117 cm³/mol. The highest BCUT2D eigenvalue weighted by Crippen LogP contribution is 2.34. The minimum Gasteiger partial charge on any atom is -0.378 e. The molecule has 8 heteroatoms. The number of morpholine rings is 1. The van der Waals surface area contributed by atoms with E-state index in [-0.39, 0.29) is 0 Å². The molecule has 5 rings (SSSR count). The Labute approximate surface area is 182 Å². The summed E-state index contributed by atoms with van der Waals surface area (Å²) < 4.78 is 11.1. The van der Waals surface area contributed by atoms with Crippen LogP contribution in [0.2, 0.25) is 0 Å². The van der Waals surface area contributed by atoms with E-state index < -0.39 is 0 Å². The Bertz CT molecular complexity index is 1000. The molecule has 2 aliphatic rings. The maximum absolute atomic E-state index is 5.60. The van der Waals surface area contributed by atoms with E-state index in [0.717, 1.165) is 79.9 Å². The monoisotopic (exact) mass is 420 g/mol. The highest BCUT2D eigenvalue weighted by molar-refractivity contribution is 5.61. The molecule has 2 aliphatic heterocycles. The van der Waals surface area contributed by atoms with Crippen molar-refractivity contribution in [3.63, 3.8) is 0 Å². The van der Waals surface area contributed by atoms with Crippen molar-refractivity contribution in [1.82, 2.24) is 25.0 Å². The molecule has 0 radical (unpaired) electrons. The second kappa shape index (κ2) is 9.11. The van der Waals surface area contributed by atoms with E-state index in [1.807, 2.05) is 37.5 Å². The first-order valence-corrected chi connectivity index (χ1v) is 11.0. The van der Waals surface area contributed by atoms with Gasteiger partial charge in [0.25, 0.3) is 0 Å². The lowest BCUT2D eigenvalue weighted by Gasteiger charge is -2.33. The van der Waals surface area contributed by atoms with E-state index in [9.17, 15) is 0 Å². The number of anilines is 1. The van der Waals surface area contributed by atoms with Crippen LogP contribution in [0.1, 0.15) is 35.8 Å². The van der Waals surface area contributed by atoms with Gasteiger partial charge >= 0.3 is 0 Å². The molecule has 0 aliphatic carbocycles. The summed E-state index contributed by atoms with van der Waals surface area (Å²) in [4.78, 5) is 18.9. The van der Waals surface area contributed by atoms with Crippen molar-refractivity contribution >= 4 is 5.95 Å². The van der Waals surface area contributed by atoms with Gasteiger partial charge in [0, 0.05) is 50.6 Å². The summed E-state index contributed by atoms with van der Waals surface area (Å²) in [6.45, 7) is 7.86. The SMILES string of the molecule is Cc1cc(-c2cnc(N3CCOCC3)nc2[C@@H]2CCCN(Cc3ccccn3)C2)on1. The number of ether oxygens (including phenoxy) is 1. The zero-order valence-electron chi connectivity index (χ0n) is 17.9. The Hall–Kier alpha value is -2.84. The fraction of sp³-hybridized carbons (Fsp3) is 0.478. The Morgan fingerprint density at radius 1 is 1.13 bits per heavy atom. The van der Waals surface area contributed by atoms with Gasteiger partial charge in [-0.3, -0.25) is 9.88 Å². The van der Waals surface area contributed by atoms with Gasteiger partial charge in [-0.2, -0.15) is 0 Å². The van der Waals surface area contributed by atoms with Gasteiger partial charge in [0.2, 0.25) is 5.95 Å². The summed E-state index contributed by atoms with van der Waals surface area (Å²) in [5.41, 5.74) is 3.96. The second-order valence-corrected chi connectivity index (χ2v) is 8.30. The van der Waals surface area contributed by atoms with Gasteiger partial charge in [0.15, 0.2) is 5.76 Å². The number of aryl methyl sites for hydroxylation is 1. The Morgan fingerprint density at radius 2 is 2.03 bits per heavy atom. The lowest BCUT2D eigenvalue weighted by molar-refractivity contribution is 0.122. The molecular formula is C23H28N6O2. The molecule has 0 bridgehead atoms. The van der Waals surface area contributed by atoms with Crippen molar-refractivity contribution in [2.45, 2.75) is 32.2 Å². The van der Waals surface area contributed by atoms with Crippen LogP contribution >= 0.6 is 0 Å². The van der Waals surface area contributed by atoms with Crippen LogP contribution in [0.3, 0.4) is 0 Å². The van der Waals surface area contributed by atoms with Crippen LogP contribution in [0, 0.1) is 6.92 Å². The van der Waals surface area contributed by atoms with Crippen molar-refractivity contribution in [1.29, 1.82) is 0 Å². The largest absolute Gasteiger partial charge is 0.378 e. The van der Waals surface area contributed by atoms with Crippen LogP contribution in [0.15, 0.2) is 41.2 Å². The third kappa shape index (κ3) is 4.60. The standard InChI is InChI=1S/C23H28N6O2/c1-17-13-21(31-27-17)20-14-25-23(29-9-11-30-12-10-29)26-22(20)18-5-4-8-28(15-18)16-19-6-2-3-7-24-19/h2-3,6-7,13-14,18H,4-5,8-12,15-16H2,1H3/t18-/m1/s1. The molecule has 0 saturated carbocycles. The normalized spacial score (nSPS) is 20.2. The van der Waals surface area contributed by atoms with Gasteiger partial charge in [-0.05, 0) is 38.4 Å². The third-order valence-corrected chi connectivity index (χ3v) is 6.00. The van der Waals surface area contributed by atoms with Crippen molar-refractivity contribution < 1.29 is 9.26 Å². The molecule has 5 heterocycles. The quantitative estimate of drug-likeness (QED) is 0.623. The number of piperidine rings is 1. The number of rotatable bonds is 5. The molecule has 162 valence electrons. The zero-order valence-corrected chi connectivity index (χ0v) is 17.9. The van der Waals surface area contributed by atoms with Crippen molar-refractivity contribution in [3.8, 4) is 11.3 Å². The van der Waals surface area contributed by atoms with Crippen molar-refractivity contribution in [3.05, 3.63) is 53.7 Å². The molecule has 0 spiro atoms. The van der Waals surface area contributed by atoms with E-state index in [4.69, 9.17) is 14.2 Å². The van der Waals surface area contributed by atoms with E-state index in [1.165, 1.54) is 0 Å². The average Bonchev–Trinajstić information content (AvgIpc) is 3.26. The molecule has 3 aromatic rings. The van der Waals surface area contributed by atoms with Gasteiger partial charge < -0.3 is 14.2 Å². The molecule has 1 atom stereocenters. The van der Waals surface area contributed by atoms with E-state index in [0.29, 0.717) is 19.1 Å². The van der Waals surface area contributed by atoms with E-state index >= 15 is 0 Å². The molecule has 8 nitrogen and oxygen atoms in total. The van der Waals surface area contributed by atoms with Crippen LogP contribution in [0.4, 0.5) is 5.95 Å². The number of nitrogens with zero attached hydrogens (tertiary/aromatic N) is 6. The minimum atomic E-state index is 0.306. The van der Waals surface area contributed by atoms with Crippen LogP contribution in [0.5, 0.6) is 0 Å². The summed E-state index contributed by atoms with van der Waals surface area (Å²) in [5.74, 6) is 1.82. The lowest BCUT2D eigenvalue weighted by atomic mass is 9.91. The van der Waals surface area contributed by atoms with Crippen molar-refractivity contribution in [2.24, 2.45) is 0 Å². The van der Waals surface area contributed by atoms with Gasteiger partial charge in [0.1, 0.15) is 0 Å². The highest BCUT2D eigenvalue weighted by atomic mass is 16.5.